The molecular formula is C17H26N2O. The van der Waals surface area contributed by atoms with E-state index in [1.54, 1.807) is 0 Å². The summed E-state index contributed by atoms with van der Waals surface area (Å²) >= 11 is 0. The van der Waals surface area contributed by atoms with Crippen LogP contribution in [0.5, 0.6) is 0 Å². The smallest absolute Gasteiger partial charge is 0.134 e. The van der Waals surface area contributed by atoms with Gasteiger partial charge in [0, 0.05) is 18.5 Å². The fourth-order valence-corrected chi connectivity index (χ4v) is 2.66. The van der Waals surface area contributed by atoms with Crippen molar-refractivity contribution >= 4 is 11.0 Å². The Morgan fingerprint density at radius 2 is 1.95 bits per heavy atom. The summed E-state index contributed by atoms with van der Waals surface area (Å²) in [4.78, 5) is 2.23. The van der Waals surface area contributed by atoms with E-state index in [0.29, 0.717) is 0 Å². The molecule has 0 amide bonds. The molecule has 1 unspecified atom stereocenters. The van der Waals surface area contributed by atoms with Gasteiger partial charge in [0.1, 0.15) is 11.3 Å². The van der Waals surface area contributed by atoms with Crippen molar-refractivity contribution in [2.24, 2.45) is 5.41 Å². The van der Waals surface area contributed by atoms with Gasteiger partial charge in [0.05, 0.1) is 6.04 Å². The molecule has 2 rings (SSSR count). The minimum absolute atomic E-state index is 0.226. The topological polar surface area (TPSA) is 28.4 Å². The zero-order valence-electron chi connectivity index (χ0n) is 13.2. The van der Waals surface area contributed by atoms with Gasteiger partial charge in [0.15, 0.2) is 0 Å². The summed E-state index contributed by atoms with van der Waals surface area (Å²) in [7, 11) is 4.23. The Morgan fingerprint density at radius 1 is 1.25 bits per heavy atom. The van der Waals surface area contributed by atoms with Gasteiger partial charge in [-0.1, -0.05) is 32.0 Å². The first-order valence-electron chi connectivity index (χ1n) is 7.24. The third-order valence-corrected chi connectivity index (χ3v) is 3.50. The summed E-state index contributed by atoms with van der Waals surface area (Å²) in [6, 6.07) is 10.5. The lowest BCUT2D eigenvalue weighted by molar-refractivity contribution is 0.224. The van der Waals surface area contributed by atoms with Crippen LogP contribution < -0.4 is 5.32 Å². The van der Waals surface area contributed by atoms with Gasteiger partial charge < -0.3 is 14.6 Å². The number of nitrogens with zero attached hydrogens (tertiary/aromatic N) is 1. The summed E-state index contributed by atoms with van der Waals surface area (Å²) in [6.07, 6.45) is 0. The molecule has 3 nitrogen and oxygen atoms in total. The second-order valence-corrected chi connectivity index (χ2v) is 6.69. The second-order valence-electron chi connectivity index (χ2n) is 6.69. The summed E-state index contributed by atoms with van der Waals surface area (Å²) in [6.45, 7) is 8.75. The molecule has 0 spiro atoms. The Morgan fingerprint density at radius 3 is 2.60 bits per heavy atom. The first-order valence-corrected chi connectivity index (χ1v) is 7.24. The molecule has 0 bridgehead atoms. The molecule has 1 aromatic heterocycles. The van der Waals surface area contributed by atoms with E-state index in [9.17, 15) is 0 Å². The van der Waals surface area contributed by atoms with Gasteiger partial charge in [-0.2, -0.15) is 0 Å². The van der Waals surface area contributed by atoms with Crippen molar-refractivity contribution in [1.82, 2.24) is 10.2 Å². The SMILES string of the molecule is CC(NCC(C)(C)CN(C)C)c1cc2ccccc2o1. The molecule has 0 saturated heterocycles. The van der Waals surface area contributed by atoms with Crippen molar-refractivity contribution in [2.45, 2.75) is 26.8 Å². The van der Waals surface area contributed by atoms with E-state index in [2.05, 4.69) is 57.2 Å². The van der Waals surface area contributed by atoms with Gasteiger partial charge in [0.2, 0.25) is 0 Å². The number of hydrogen-bond donors (Lipinski definition) is 1. The van der Waals surface area contributed by atoms with Crippen molar-refractivity contribution < 1.29 is 4.42 Å². The van der Waals surface area contributed by atoms with Crippen molar-refractivity contribution in [3.05, 3.63) is 36.1 Å². The first-order chi connectivity index (χ1) is 9.37. The molecule has 3 heteroatoms. The minimum atomic E-state index is 0.226. The van der Waals surface area contributed by atoms with Crippen LogP contribution in [-0.2, 0) is 0 Å². The molecule has 20 heavy (non-hydrogen) atoms. The largest absolute Gasteiger partial charge is 0.459 e. The quantitative estimate of drug-likeness (QED) is 0.871. The fourth-order valence-electron chi connectivity index (χ4n) is 2.66. The molecule has 1 N–H and O–H groups in total. The van der Waals surface area contributed by atoms with Gasteiger partial charge in [-0.05, 0) is 38.6 Å². The predicted octanol–water partition coefficient (Wildman–Crippen LogP) is 3.67. The molecule has 0 radical (unpaired) electrons. The van der Waals surface area contributed by atoms with E-state index < -0.39 is 0 Å². The molecule has 1 heterocycles. The van der Waals surface area contributed by atoms with E-state index in [1.165, 1.54) is 5.39 Å². The van der Waals surface area contributed by atoms with Crippen molar-refractivity contribution in [2.75, 3.05) is 27.2 Å². The minimum Gasteiger partial charge on any atom is -0.459 e. The van der Waals surface area contributed by atoms with Crippen LogP contribution >= 0.6 is 0 Å². The molecule has 1 aromatic carbocycles. The molecule has 110 valence electrons. The number of fused-ring (bicyclic) bond motifs is 1. The van der Waals surface area contributed by atoms with Gasteiger partial charge >= 0.3 is 0 Å². The van der Waals surface area contributed by atoms with Gasteiger partial charge in [0.25, 0.3) is 0 Å². The molecule has 0 aliphatic heterocycles. The van der Waals surface area contributed by atoms with E-state index in [0.717, 1.165) is 24.4 Å². The molecular weight excluding hydrogens is 248 g/mol. The summed E-state index contributed by atoms with van der Waals surface area (Å²) < 4.78 is 5.90. The van der Waals surface area contributed by atoms with Crippen LogP contribution in [0.25, 0.3) is 11.0 Å². The number of para-hydroxylation sites is 1. The maximum absolute atomic E-state index is 5.90. The molecule has 1 atom stereocenters. The highest BCUT2D eigenvalue weighted by Crippen LogP contribution is 2.24. The number of hydrogen-bond acceptors (Lipinski definition) is 3. The highest BCUT2D eigenvalue weighted by molar-refractivity contribution is 5.77. The van der Waals surface area contributed by atoms with Crippen LogP contribution in [0.3, 0.4) is 0 Å². The van der Waals surface area contributed by atoms with Gasteiger partial charge in [-0.15, -0.1) is 0 Å². The molecule has 0 saturated carbocycles. The first kappa shape index (κ1) is 15.1. The predicted molar refractivity (Wildman–Crippen MR) is 85.0 cm³/mol. The zero-order chi connectivity index (χ0) is 14.8. The standard InChI is InChI=1S/C17H26N2O/c1-13(18-11-17(2,3)12-19(4)5)16-10-14-8-6-7-9-15(14)20-16/h6-10,13,18H,11-12H2,1-5H3. The third-order valence-electron chi connectivity index (χ3n) is 3.50. The number of benzene rings is 1. The van der Waals surface area contributed by atoms with Crippen LogP contribution in [0, 0.1) is 5.41 Å². The Hall–Kier alpha value is -1.32. The van der Waals surface area contributed by atoms with Crippen molar-refractivity contribution in [3.8, 4) is 0 Å². The Balaban J connectivity index is 1.99. The zero-order valence-corrected chi connectivity index (χ0v) is 13.2. The molecule has 0 fully saturated rings. The Labute approximate surface area is 122 Å². The number of nitrogens with one attached hydrogen (secondary N) is 1. The maximum atomic E-state index is 5.90. The molecule has 0 aliphatic rings. The van der Waals surface area contributed by atoms with Crippen molar-refractivity contribution in [3.63, 3.8) is 0 Å². The Kier molecular flexibility index (Phi) is 4.51. The lowest BCUT2D eigenvalue weighted by Crippen LogP contribution is -2.38. The Bertz CT molecular complexity index is 524. The second kappa shape index (κ2) is 5.98. The number of furan rings is 1. The van der Waals surface area contributed by atoms with E-state index in [-0.39, 0.29) is 11.5 Å². The average Bonchev–Trinajstić information content (AvgIpc) is 2.78. The highest BCUT2D eigenvalue weighted by atomic mass is 16.3. The summed E-state index contributed by atoms with van der Waals surface area (Å²) in [5, 5.41) is 4.76. The van der Waals surface area contributed by atoms with E-state index in [1.807, 2.05) is 18.2 Å². The van der Waals surface area contributed by atoms with Crippen LogP contribution in [0.15, 0.2) is 34.7 Å². The number of rotatable bonds is 6. The van der Waals surface area contributed by atoms with Crippen LogP contribution in [-0.4, -0.2) is 32.1 Å². The van der Waals surface area contributed by atoms with Gasteiger partial charge in [-0.3, -0.25) is 0 Å². The van der Waals surface area contributed by atoms with Crippen molar-refractivity contribution in [1.29, 1.82) is 0 Å². The lowest BCUT2D eigenvalue weighted by Gasteiger charge is -2.29. The van der Waals surface area contributed by atoms with Crippen LogP contribution in [0.2, 0.25) is 0 Å². The third kappa shape index (κ3) is 3.84. The van der Waals surface area contributed by atoms with Crippen LogP contribution in [0.4, 0.5) is 0 Å². The lowest BCUT2D eigenvalue weighted by atomic mass is 9.92. The monoisotopic (exact) mass is 274 g/mol. The molecule has 2 aromatic rings. The van der Waals surface area contributed by atoms with Gasteiger partial charge in [-0.25, -0.2) is 0 Å². The normalized spacial score (nSPS) is 14.1. The van der Waals surface area contributed by atoms with E-state index in [4.69, 9.17) is 4.42 Å². The fraction of sp³-hybridized carbons (Fsp3) is 0.529. The highest BCUT2D eigenvalue weighted by Gasteiger charge is 2.20. The summed E-state index contributed by atoms with van der Waals surface area (Å²) in [5.41, 5.74) is 1.20. The van der Waals surface area contributed by atoms with E-state index >= 15 is 0 Å². The van der Waals surface area contributed by atoms with Crippen LogP contribution in [0.1, 0.15) is 32.6 Å². The maximum Gasteiger partial charge on any atom is 0.134 e. The summed E-state index contributed by atoms with van der Waals surface area (Å²) in [5.74, 6) is 1.01. The average molecular weight is 274 g/mol. The molecule has 0 aliphatic carbocycles.